The fourth-order valence-corrected chi connectivity index (χ4v) is 3.46. The summed E-state index contributed by atoms with van der Waals surface area (Å²) in [4.78, 5) is 9.64. The molecule has 1 unspecified atom stereocenters. The fraction of sp³-hybridized carbons (Fsp3) is 0.706. The second kappa shape index (κ2) is 7.34. The Balaban J connectivity index is 2.16. The van der Waals surface area contributed by atoms with E-state index >= 15 is 0 Å². The summed E-state index contributed by atoms with van der Waals surface area (Å²) in [7, 11) is 2.21. The number of likely N-dealkylation sites (tertiary alicyclic amines) is 1. The standard InChI is InChI=1S/C17H30N4/c1-4-21(13-16-8-5-7-15(2)19-16)17(14-18)9-6-11-20(3)12-10-17/h5,7-8H,4,6,9-14,18H2,1-3H3. The maximum absolute atomic E-state index is 6.23. The first-order valence-corrected chi connectivity index (χ1v) is 8.16. The number of aromatic nitrogens is 1. The van der Waals surface area contributed by atoms with Crippen LogP contribution in [-0.4, -0.2) is 53.5 Å². The van der Waals surface area contributed by atoms with Crippen LogP contribution < -0.4 is 5.73 Å². The van der Waals surface area contributed by atoms with Gasteiger partial charge >= 0.3 is 0 Å². The minimum absolute atomic E-state index is 0.130. The summed E-state index contributed by atoms with van der Waals surface area (Å²) < 4.78 is 0. The second-order valence-electron chi connectivity index (χ2n) is 6.37. The summed E-state index contributed by atoms with van der Waals surface area (Å²) in [6, 6.07) is 6.28. The van der Waals surface area contributed by atoms with E-state index in [9.17, 15) is 0 Å². The van der Waals surface area contributed by atoms with Gasteiger partial charge in [0.05, 0.1) is 5.69 Å². The molecule has 4 nitrogen and oxygen atoms in total. The van der Waals surface area contributed by atoms with Crippen LogP contribution in [0.1, 0.15) is 37.6 Å². The lowest BCUT2D eigenvalue weighted by atomic mass is 9.88. The highest BCUT2D eigenvalue weighted by Gasteiger charge is 2.36. The molecule has 1 atom stereocenters. The van der Waals surface area contributed by atoms with E-state index in [0.29, 0.717) is 0 Å². The smallest absolute Gasteiger partial charge is 0.0547 e. The lowest BCUT2D eigenvalue weighted by molar-refractivity contribution is 0.0750. The molecule has 2 N–H and O–H groups in total. The van der Waals surface area contributed by atoms with Gasteiger partial charge in [-0.3, -0.25) is 9.88 Å². The van der Waals surface area contributed by atoms with E-state index in [1.54, 1.807) is 0 Å². The molecule has 2 heterocycles. The van der Waals surface area contributed by atoms with E-state index in [4.69, 9.17) is 5.73 Å². The summed E-state index contributed by atoms with van der Waals surface area (Å²) in [5, 5.41) is 0. The first-order valence-electron chi connectivity index (χ1n) is 8.16. The van der Waals surface area contributed by atoms with E-state index in [2.05, 4.69) is 53.9 Å². The molecule has 1 fully saturated rings. The van der Waals surface area contributed by atoms with Crippen molar-refractivity contribution >= 4 is 0 Å². The Morgan fingerprint density at radius 2 is 2.14 bits per heavy atom. The zero-order valence-corrected chi connectivity index (χ0v) is 13.8. The molecule has 4 heteroatoms. The molecular weight excluding hydrogens is 260 g/mol. The van der Waals surface area contributed by atoms with Crippen molar-refractivity contribution in [2.45, 2.75) is 45.2 Å². The maximum atomic E-state index is 6.23. The van der Waals surface area contributed by atoms with Gasteiger partial charge in [0.25, 0.3) is 0 Å². The number of rotatable bonds is 5. The Labute approximate surface area is 129 Å². The molecule has 1 aliphatic heterocycles. The Morgan fingerprint density at radius 1 is 1.33 bits per heavy atom. The van der Waals surface area contributed by atoms with Crippen molar-refractivity contribution in [3.8, 4) is 0 Å². The summed E-state index contributed by atoms with van der Waals surface area (Å²) >= 11 is 0. The van der Waals surface area contributed by atoms with Gasteiger partial charge in [0.2, 0.25) is 0 Å². The Kier molecular flexibility index (Phi) is 5.73. The first-order chi connectivity index (χ1) is 10.1. The number of hydrogen-bond donors (Lipinski definition) is 1. The average Bonchev–Trinajstić information content (AvgIpc) is 2.67. The van der Waals surface area contributed by atoms with Gasteiger partial charge in [-0.25, -0.2) is 0 Å². The van der Waals surface area contributed by atoms with Crippen molar-refractivity contribution in [1.29, 1.82) is 0 Å². The van der Waals surface area contributed by atoms with Crippen LogP contribution in [0.25, 0.3) is 0 Å². The van der Waals surface area contributed by atoms with E-state index < -0.39 is 0 Å². The van der Waals surface area contributed by atoms with Gasteiger partial charge in [-0.05, 0) is 65.0 Å². The molecule has 0 radical (unpaired) electrons. The molecule has 0 spiro atoms. The van der Waals surface area contributed by atoms with Crippen LogP contribution in [-0.2, 0) is 6.54 Å². The van der Waals surface area contributed by atoms with Crippen molar-refractivity contribution < 1.29 is 0 Å². The van der Waals surface area contributed by atoms with E-state index in [1.165, 1.54) is 19.4 Å². The minimum Gasteiger partial charge on any atom is -0.329 e. The highest BCUT2D eigenvalue weighted by molar-refractivity contribution is 5.10. The summed E-state index contributed by atoms with van der Waals surface area (Å²) in [6.45, 7) is 9.27. The van der Waals surface area contributed by atoms with Gasteiger partial charge in [-0.1, -0.05) is 13.0 Å². The molecule has 2 rings (SSSR count). The lowest BCUT2D eigenvalue weighted by Crippen LogP contribution is -2.54. The van der Waals surface area contributed by atoms with E-state index in [1.807, 2.05) is 0 Å². The zero-order chi connectivity index (χ0) is 15.3. The van der Waals surface area contributed by atoms with Crippen molar-refractivity contribution in [2.24, 2.45) is 5.73 Å². The van der Waals surface area contributed by atoms with Crippen molar-refractivity contribution in [1.82, 2.24) is 14.8 Å². The van der Waals surface area contributed by atoms with Gasteiger partial charge < -0.3 is 10.6 Å². The van der Waals surface area contributed by atoms with Crippen molar-refractivity contribution in [2.75, 3.05) is 33.2 Å². The van der Waals surface area contributed by atoms with E-state index in [-0.39, 0.29) is 5.54 Å². The van der Waals surface area contributed by atoms with E-state index in [0.717, 1.165) is 44.0 Å². The largest absolute Gasteiger partial charge is 0.329 e. The van der Waals surface area contributed by atoms with Crippen molar-refractivity contribution in [3.05, 3.63) is 29.6 Å². The third-order valence-corrected chi connectivity index (χ3v) is 4.87. The van der Waals surface area contributed by atoms with Gasteiger partial charge in [0.15, 0.2) is 0 Å². The van der Waals surface area contributed by atoms with Crippen LogP contribution in [0.3, 0.4) is 0 Å². The van der Waals surface area contributed by atoms with Crippen LogP contribution >= 0.6 is 0 Å². The Bertz CT molecular complexity index is 448. The molecule has 1 aromatic rings. The molecule has 1 saturated heterocycles. The van der Waals surface area contributed by atoms with Crippen LogP contribution in [0.5, 0.6) is 0 Å². The zero-order valence-electron chi connectivity index (χ0n) is 13.8. The average molecular weight is 290 g/mol. The number of nitrogens with two attached hydrogens (primary N) is 1. The highest BCUT2D eigenvalue weighted by atomic mass is 15.2. The minimum atomic E-state index is 0.130. The van der Waals surface area contributed by atoms with Crippen molar-refractivity contribution in [3.63, 3.8) is 0 Å². The second-order valence-corrected chi connectivity index (χ2v) is 6.37. The number of nitrogens with zero attached hydrogens (tertiary/aromatic N) is 3. The molecule has 1 aliphatic rings. The number of likely N-dealkylation sites (N-methyl/N-ethyl adjacent to an activating group) is 1. The summed E-state index contributed by atoms with van der Waals surface area (Å²) in [6.07, 6.45) is 3.57. The molecule has 1 aromatic heterocycles. The molecular formula is C17H30N4. The van der Waals surface area contributed by atoms with Gasteiger partial charge in [0.1, 0.15) is 0 Å². The molecule has 0 aromatic carbocycles. The number of hydrogen-bond acceptors (Lipinski definition) is 4. The highest BCUT2D eigenvalue weighted by Crippen LogP contribution is 2.29. The summed E-state index contributed by atoms with van der Waals surface area (Å²) in [5.74, 6) is 0. The SMILES string of the molecule is CCN(Cc1cccc(C)n1)C1(CN)CCCN(C)CC1. The number of pyridine rings is 1. The van der Waals surface area contributed by atoms with Gasteiger partial charge in [-0.15, -0.1) is 0 Å². The quantitative estimate of drug-likeness (QED) is 0.901. The molecule has 0 saturated carbocycles. The predicted octanol–water partition coefficient (Wildman–Crippen LogP) is 2.03. The van der Waals surface area contributed by atoms with Crippen LogP contribution in [0.4, 0.5) is 0 Å². The molecule has 0 aliphatic carbocycles. The first kappa shape index (κ1) is 16.4. The molecule has 21 heavy (non-hydrogen) atoms. The van der Waals surface area contributed by atoms with Crippen LogP contribution in [0, 0.1) is 6.92 Å². The summed E-state index contributed by atoms with van der Waals surface area (Å²) in [5.41, 5.74) is 8.61. The molecule has 118 valence electrons. The predicted molar refractivity (Wildman–Crippen MR) is 88.2 cm³/mol. The maximum Gasteiger partial charge on any atom is 0.0547 e. The van der Waals surface area contributed by atoms with Crippen LogP contribution in [0.15, 0.2) is 18.2 Å². The third-order valence-electron chi connectivity index (χ3n) is 4.87. The fourth-order valence-electron chi connectivity index (χ4n) is 3.46. The van der Waals surface area contributed by atoms with Crippen LogP contribution in [0.2, 0.25) is 0 Å². The van der Waals surface area contributed by atoms with Gasteiger partial charge in [0, 0.05) is 24.3 Å². The third kappa shape index (κ3) is 4.02. The number of aryl methyl sites for hydroxylation is 1. The monoisotopic (exact) mass is 290 g/mol. The lowest BCUT2D eigenvalue weighted by Gasteiger charge is -2.42. The van der Waals surface area contributed by atoms with Gasteiger partial charge in [-0.2, -0.15) is 0 Å². The Hall–Kier alpha value is -0.970. The molecule has 0 bridgehead atoms. The molecule has 0 amide bonds. The topological polar surface area (TPSA) is 45.4 Å². The normalized spacial score (nSPS) is 24.2. The Morgan fingerprint density at radius 3 is 2.81 bits per heavy atom.